The molecular weight excluding hydrogens is 228 g/mol. The molecule has 1 aromatic rings. The van der Waals surface area contributed by atoms with Crippen molar-refractivity contribution in [1.82, 2.24) is 4.98 Å². The highest BCUT2D eigenvalue weighted by Gasteiger charge is 2.41. The maximum Gasteiger partial charge on any atom is 0.420 e. The van der Waals surface area contributed by atoms with Gasteiger partial charge >= 0.3 is 6.18 Å². The van der Waals surface area contributed by atoms with Crippen LogP contribution >= 0.6 is 0 Å². The molecule has 0 aliphatic carbocycles. The Bertz CT molecular complexity index is 374. The van der Waals surface area contributed by atoms with Crippen LogP contribution in [0.15, 0.2) is 6.20 Å². The van der Waals surface area contributed by atoms with Gasteiger partial charge in [-0.1, -0.05) is 0 Å². The lowest BCUT2D eigenvalue weighted by atomic mass is 10.1. The Hall–Kier alpha value is -1.47. The van der Waals surface area contributed by atoms with Gasteiger partial charge in [0, 0.05) is 0 Å². The molecule has 0 atom stereocenters. The van der Waals surface area contributed by atoms with Crippen molar-refractivity contribution in [2.24, 2.45) is 0 Å². The van der Waals surface area contributed by atoms with E-state index in [9.17, 15) is 26.3 Å². The van der Waals surface area contributed by atoms with Crippen molar-refractivity contribution in [3.05, 3.63) is 23.3 Å². The third kappa shape index (κ3) is 2.13. The molecular formula is C7H3F6NO. The third-order valence-electron chi connectivity index (χ3n) is 1.55. The van der Waals surface area contributed by atoms with Gasteiger partial charge < -0.3 is 5.11 Å². The summed E-state index contributed by atoms with van der Waals surface area (Å²) < 4.78 is 73.3. The summed E-state index contributed by atoms with van der Waals surface area (Å²) in [7, 11) is 0. The molecule has 0 bridgehead atoms. The van der Waals surface area contributed by atoms with Gasteiger partial charge in [-0.05, 0) is 0 Å². The molecule has 8 heteroatoms. The number of aromatic hydroxyl groups is 1. The van der Waals surface area contributed by atoms with Crippen LogP contribution in [-0.2, 0) is 6.18 Å². The number of hydrogen-bond acceptors (Lipinski definition) is 2. The molecule has 1 rings (SSSR count). The highest BCUT2D eigenvalue weighted by Crippen LogP contribution is 2.41. The largest absolute Gasteiger partial charge is 0.506 e. The smallest absolute Gasteiger partial charge is 0.420 e. The topological polar surface area (TPSA) is 33.1 Å². The molecule has 1 N–H and O–H groups in total. The van der Waals surface area contributed by atoms with Crippen LogP contribution in [0.2, 0.25) is 0 Å². The number of aromatic nitrogens is 1. The van der Waals surface area contributed by atoms with E-state index in [2.05, 4.69) is 4.98 Å². The fourth-order valence-corrected chi connectivity index (χ4v) is 0.990. The van der Waals surface area contributed by atoms with E-state index >= 15 is 0 Å². The highest BCUT2D eigenvalue weighted by molar-refractivity contribution is 5.39. The van der Waals surface area contributed by atoms with Crippen molar-refractivity contribution in [1.29, 1.82) is 0 Å². The van der Waals surface area contributed by atoms with Gasteiger partial charge in [0.15, 0.2) is 0 Å². The molecule has 15 heavy (non-hydrogen) atoms. The summed E-state index contributed by atoms with van der Waals surface area (Å²) in [5.74, 6) is -3.48. The van der Waals surface area contributed by atoms with E-state index in [1.165, 1.54) is 0 Å². The minimum atomic E-state index is -5.26. The van der Waals surface area contributed by atoms with Gasteiger partial charge in [-0.25, -0.2) is 13.8 Å². The van der Waals surface area contributed by atoms with E-state index < -0.39 is 35.4 Å². The quantitative estimate of drug-likeness (QED) is 0.595. The molecule has 0 fully saturated rings. The van der Waals surface area contributed by atoms with Gasteiger partial charge in [-0.15, -0.1) is 0 Å². The summed E-state index contributed by atoms with van der Waals surface area (Å²) in [5.41, 5.74) is -4.03. The van der Waals surface area contributed by atoms with E-state index in [1.54, 1.807) is 0 Å². The van der Waals surface area contributed by atoms with Gasteiger partial charge in [0.1, 0.15) is 11.3 Å². The van der Waals surface area contributed by atoms with Crippen molar-refractivity contribution in [3.8, 4) is 5.75 Å². The second-order valence-corrected chi connectivity index (χ2v) is 2.52. The van der Waals surface area contributed by atoms with Crippen LogP contribution in [0.3, 0.4) is 0 Å². The molecule has 0 saturated heterocycles. The fraction of sp³-hybridized carbons (Fsp3) is 0.286. The van der Waals surface area contributed by atoms with Crippen molar-refractivity contribution >= 4 is 0 Å². The van der Waals surface area contributed by atoms with E-state index in [1.807, 2.05) is 0 Å². The average Bonchev–Trinajstić information content (AvgIpc) is 2.05. The minimum absolute atomic E-state index is 0.129. The second-order valence-electron chi connectivity index (χ2n) is 2.52. The Morgan fingerprint density at radius 3 is 2.13 bits per heavy atom. The minimum Gasteiger partial charge on any atom is -0.506 e. The first-order valence-electron chi connectivity index (χ1n) is 3.48. The standard InChI is InChI=1S/C7H3F6NO/c8-5(9)3-4(7(11,12)13)2(15)1-14-6(3)10/h1,5,15H. The second kappa shape index (κ2) is 3.59. The third-order valence-corrected chi connectivity index (χ3v) is 1.55. The monoisotopic (exact) mass is 231 g/mol. The van der Waals surface area contributed by atoms with E-state index in [4.69, 9.17) is 5.11 Å². The zero-order valence-electron chi connectivity index (χ0n) is 6.82. The number of nitrogens with zero attached hydrogens (tertiary/aromatic N) is 1. The summed E-state index contributed by atoms with van der Waals surface area (Å²) in [5, 5.41) is 8.72. The summed E-state index contributed by atoms with van der Waals surface area (Å²) in [6.45, 7) is 0. The van der Waals surface area contributed by atoms with Crippen LogP contribution in [0, 0.1) is 5.95 Å². The maximum absolute atomic E-state index is 12.6. The number of halogens is 6. The van der Waals surface area contributed by atoms with Crippen LogP contribution < -0.4 is 0 Å². The van der Waals surface area contributed by atoms with Crippen molar-refractivity contribution in [2.45, 2.75) is 12.6 Å². The molecule has 2 nitrogen and oxygen atoms in total. The zero-order chi connectivity index (χ0) is 11.8. The van der Waals surface area contributed by atoms with Gasteiger partial charge in [-0.2, -0.15) is 17.6 Å². The van der Waals surface area contributed by atoms with Crippen LogP contribution in [0.4, 0.5) is 26.3 Å². The lowest BCUT2D eigenvalue weighted by Gasteiger charge is -2.13. The van der Waals surface area contributed by atoms with Crippen molar-refractivity contribution in [2.75, 3.05) is 0 Å². The predicted molar refractivity (Wildman–Crippen MR) is 35.8 cm³/mol. The van der Waals surface area contributed by atoms with E-state index in [0.717, 1.165) is 0 Å². The van der Waals surface area contributed by atoms with Crippen LogP contribution in [0.5, 0.6) is 5.75 Å². The Morgan fingerprint density at radius 1 is 1.27 bits per heavy atom. The highest BCUT2D eigenvalue weighted by atomic mass is 19.4. The lowest BCUT2D eigenvalue weighted by Crippen LogP contribution is -2.12. The first-order valence-corrected chi connectivity index (χ1v) is 3.48. The SMILES string of the molecule is Oc1cnc(F)c(C(F)F)c1C(F)(F)F. The number of pyridine rings is 1. The summed E-state index contributed by atoms with van der Waals surface area (Å²) in [6.07, 6.45) is -8.84. The van der Waals surface area contributed by atoms with E-state index in [0.29, 0.717) is 0 Å². The molecule has 0 saturated carbocycles. The number of alkyl halides is 5. The Morgan fingerprint density at radius 2 is 1.80 bits per heavy atom. The summed E-state index contributed by atoms with van der Waals surface area (Å²) in [6, 6.07) is 0. The Kier molecular flexibility index (Phi) is 2.78. The summed E-state index contributed by atoms with van der Waals surface area (Å²) in [4.78, 5) is 2.58. The summed E-state index contributed by atoms with van der Waals surface area (Å²) >= 11 is 0. The molecule has 84 valence electrons. The fourth-order valence-electron chi connectivity index (χ4n) is 0.990. The van der Waals surface area contributed by atoms with E-state index in [-0.39, 0.29) is 6.20 Å². The van der Waals surface area contributed by atoms with Gasteiger partial charge in [0.05, 0.1) is 11.8 Å². The first-order chi connectivity index (χ1) is 6.75. The van der Waals surface area contributed by atoms with Crippen LogP contribution in [0.25, 0.3) is 0 Å². The van der Waals surface area contributed by atoms with Crippen LogP contribution in [-0.4, -0.2) is 10.1 Å². The molecule has 0 aromatic carbocycles. The number of hydrogen-bond donors (Lipinski definition) is 1. The molecule has 0 spiro atoms. The average molecular weight is 231 g/mol. The normalized spacial score (nSPS) is 12.2. The van der Waals surface area contributed by atoms with Crippen LogP contribution in [0.1, 0.15) is 17.6 Å². The lowest BCUT2D eigenvalue weighted by molar-refractivity contribution is -0.141. The van der Waals surface area contributed by atoms with Crippen molar-refractivity contribution in [3.63, 3.8) is 0 Å². The molecule has 0 aliphatic heterocycles. The van der Waals surface area contributed by atoms with Gasteiger partial charge in [-0.3, -0.25) is 0 Å². The molecule has 0 amide bonds. The molecule has 0 unspecified atom stereocenters. The zero-order valence-corrected chi connectivity index (χ0v) is 6.82. The predicted octanol–water partition coefficient (Wildman–Crippen LogP) is 2.88. The molecule has 1 heterocycles. The molecule has 0 aliphatic rings. The number of rotatable bonds is 1. The first kappa shape index (κ1) is 11.6. The Balaban J connectivity index is 3.53. The maximum atomic E-state index is 12.6. The van der Waals surface area contributed by atoms with Crippen molar-refractivity contribution < 1.29 is 31.4 Å². The molecule has 0 radical (unpaired) electrons. The van der Waals surface area contributed by atoms with Gasteiger partial charge in [0.2, 0.25) is 5.95 Å². The van der Waals surface area contributed by atoms with Gasteiger partial charge in [0.25, 0.3) is 6.43 Å². The molecule has 1 aromatic heterocycles. The Labute approximate surface area is 79.2 Å².